The number of ether oxygens (including phenoxy) is 5. The van der Waals surface area contributed by atoms with Crippen LogP contribution in [0.25, 0.3) is 11.0 Å². The van der Waals surface area contributed by atoms with Gasteiger partial charge in [-0.1, -0.05) is 28.1 Å². The van der Waals surface area contributed by atoms with Gasteiger partial charge in [0.05, 0.1) is 19.1 Å². The summed E-state index contributed by atoms with van der Waals surface area (Å²) in [6.07, 6.45) is 0. The minimum Gasteiger partial charge on any atom is -0.493 e. The Balaban J connectivity index is 1.42. The summed E-state index contributed by atoms with van der Waals surface area (Å²) in [6.45, 7) is 2.67. The van der Waals surface area contributed by atoms with E-state index in [-0.39, 0.29) is 24.6 Å². The van der Waals surface area contributed by atoms with Crippen LogP contribution in [-0.4, -0.2) is 13.9 Å². The largest absolute Gasteiger partial charge is 0.493 e. The van der Waals surface area contributed by atoms with E-state index >= 15 is 0 Å². The first kappa shape index (κ1) is 22.3. The Labute approximate surface area is 203 Å². The fraction of sp³-hybridized carbons (Fsp3) is 0.192. The fourth-order valence-corrected chi connectivity index (χ4v) is 4.37. The minimum absolute atomic E-state index is 0.116. The van der Waals surface area contributed by atoms with Gasteiger partial charge in [-0.25, -0.2) is 0 Å². The number of methoxy groups -OCH3 is 1. The van der Waals surface area contributed by atoms with Crippen LogP contribution in [0.1, 0.15) is 16.9 Å². The Bertz CT molecular complexity index is 1430. The summed E-state index contributed by atoms with van der Waals surface area (Å²) in [4.78, 5) is 13.1. The lowest BCUT2D eigenvalue weighted by Gasteiger charge is -2.21. The summed E-state index contributed by atoms with van der Waals surface area (Å²) >= 11 is 3.52. The van der Waals surface area contributed by atoms with Gasteiger partial charge in [0, 0.05) is 21.7 Å². The van der Waals surface area contributed by atoms with E-state index in [9.17, 15) is 4.79 Å². The summed E-state index contributed by atoms with van der Waals surface area (Å²) in [5.41, 5.74) is 1.99. The molecule has 1 aliphatic heterocycles. The van der Waals surface area contributed by atoms with Gasteiger partial charge >= 0.3 is 0 Å². The highest BCUT2D eigenvalue weighted by Gasteiger charge is 2.18. The van der Waals surface area contributed by atoms with E-state index in [0.717, 1.165) is 21.3 Å². The van der Waals surface area contributed by atoms with Crippen molar-refractivity contribution < 1.29 is 28.1 Å². The molecule has 0 fully saturated rings. The van der Waals surface area contributed by atoms with E-state index in [1.807, 2.05) is 18.2 Å². The number of hydrogen-bond donors (Lipinski definition) is 0. The number of halogens is 1. The highest BCUT2D eigenvalue weighted by atomic mass is 79.9. The van der Waals surface area contributed by atoms with Gasteiger partial charge in [-0.15, -0.1) is 0 Å². The van der Waals surface area contributed by atoms with Gasteiger partial charge in [0.15, 0.2) is 18.3 Å². The van der Waals surface area contributed by atoms with Crippen LogP contribution in [0.3, 0.4) is 0 Å². The number of rotatable bonds is 6. The van der Waals surface area contributed by atoms with Crippen LogP contribution >= 0.6 is 15.9 Å². The third-order valence-corrected chi connectivity index (χ3v) is 5.87. The first-order valence-corrected chi connectivity index (χ1v) is 11.4. The molecule has 2 heterocycles. The molecule has 8 heteroatoms. The van der Waals surface area contributed by atoms with Gasteiger partial charge in [0.1, 0.15) is 29.4 Å². The molecule has 3 aromatic carbocycles. The van der Waals surface area contributed by atoms with Crippen molar-refractivity contribution in [1.82, 2.24) is 0 Å². The Morgan fingerprint density at radius 1 is 1.06 bits per heavy atom. The van der Waals surface area contributed by atoms with E-state index in [4.69, 9.17) is 28.1 Å². The lowest BCUT2D eigenvalue weighted by atomic mass is 10.1. The Kier molecular flexibility index (Phi) is 6.17. The van der Waals surface area contributed by atoms with Crippen LogP contribution in [0, 0.1) is 6.92 Å². The second kappa shape index (κ2) is 9.40. The standard InChI is InChI=1S/C26H21BrO7/c1-15-25(34-22-6-4-3-5-21(22)29-2)24(28)20-8-7-19(11-23(20)33-15)31-13-17-10-18(27)9-16-12-30-14-32-26(16)17/h3-11H,12-14H2,1-2H3. The maximum Gasteiger partial charge on any atom is 0.235 e. The number of para-hydroxylation sites is 2. The van der Waals surface area contributed by atoms with Crippen molar-refractivity contribution in [2.24, 2.45) is 0 Å². The van der Waals surface area contributed by atoms with Crippen molar-refractivity contribution in [1.29, 1.82) is 0 Å². The first-order valence-electron chi connectivity index (χ1n) is 10.6. The Morgan fingerprint density at radius 3 is 2.71 bits per heavy atom. The molecule has 0 amide bonds. The van der Waals surface area contributed by atoms with E-state index in [1.54, 1.807) is 50.4 Å². The molecule has 5 rings (SSSR count). The maximum atomic E-state index is 13.1. The topological polar surface area (TPSA) is 76.4 Å². The lowest BCUT2D eigenvalue weighted by Crippen LogP contribution is -2.14. The SMILES string of the molecule is COc1ccccc1Oc1c(C)oc2cc(OCc3cc(Br)cc4c3OCOC4)ccc2c1=O. The molecule has 0 bridgehead atoms. The average Bonchev–Trinajstić information content (AvgIpc) is 2.85. The predicted molar refractivity (Wildman–Crippen MR) is 129 cm³/mol. The zero-order valence-corrected chi connectivity index (χ0v) is 20.1. The van der Waals surface area contributed by atoms with E-state index in [1.165, 1.54) is 0 Å². The molecule has 0 radical (unpaired) electrons. The molecule has 174 valence electrons. The van der Waals surface area contributed by atoms with Crippen LogP contribution < -0.4 is 24.4 Å². The van der Waals surface area contributed by atoms with Crippen LogP contribution in [0.4, 0.5) is 0 Å². The van der Waals surface area contributed by atoms with Gasteiger partial charge in [-0.3, -0.25) is 4.79 Å². The number of aryl methyl sites for hydroxylation is 1. The molecular formula is C26H21BrO7. The third-order valence-electron chi connectivity index (χ3n) is 5.41. The zero-order chi connectivity index (χ0) is 23.7. The normalized spacial score (nSPS) is 12.7. The van der Waals surface area contributed by atoms with Crippen molar-refractivity contribution in [3.63, 3.8) is 0 Å². The molecule has 1 aromatic heterocycles. The average molecular weight is 525 g/mol. The molecular weight excluding hydrogens is 504 g/mol. The van der Waals surface area contributed by atoms with Crippen LogP contribution in [-0.2, 0) is 18.0 Å². The van der Waals surface area contributed by atoms with E-state index in [2.05, 4.69) is 15.9 Å². The van der Waals surface area contributed by atoms with E-state index in [0.29, 0.717) is 40.6 Å². The fourth-order valence-electron chi connectivity index (χ4n) is 3.81. The highest BCUT2D eigenvalue weighted by Crippen LogP contribution is 2.34. The van der Waals surface area contributed by atoms with Crippen molar-refractivity contribution in [3.05, 3.63) is 86.2 Å². The second-order valence-corrected chi connectivity index (χ2v) is 8.60. The summed E-state index contributed by atoms with van der Waals surface area (Å²) in [5, 5.41) is 0.392. The van der Waals surface area contributed by atoms with Gasteiger partial charge in [0.2, 0.25) is 11.2 Å². The molecule has 0 spiro atoms. The monoisotopic (exact) mass is 524 g/mol. The van der Waals surface area contributed by atoms with Gasteiger partial charge in [-0.05, 0) is 43.3 Å². The van der Waals surface area contributed by atoms with Crippen molar-refractivity contribution in [2.75, 3.05) is 13.9 Å². The Morgan fingerprint density at radius 2 is 1.88 bits per heavy atom. The molecule has 0 aliphatic carbocycles. The van der Waals surface area contributed by atoms with Crippen LogP contribution in [0.15, 0.2) is 68.3 Å². The lowest BCUT2D eigenvalue weighted by molar-refractivity contribution is -0.0176. The van der Waals surface area contributed by atoms with Crippen molar-refractivity contribution in [3.8, 4) is 28.7 Å². The van der Waals surface area contributed by atoms with Crippen LogP contribution in [0.2, 0.25) is 0 Å². The van der Waals surface area contributed by atoms with Gasteiger partial charge in [-0.2, -0.15) is 0 Å². The van der Waals surface area contributed by atoms with Gasteiger partial charge < -0.3 is 28.1 Å². The van der Waals surface area contributed by atoms with E-state index < -0.39 is 0 Å². The first-order chi connectivity index (χ1) is 16.5. The number of hydrogen-bond acceptors (Lipinski definition) is 7. The quantitative estimate of drug-likeness (QED) is 0.301. The molecule has 0 N–H and O–H groups in total. The summed E-state index contributed by atoms with van der Waals surface area (Å²) in [6, 6.07) is 16.2. The molecule has 0 saturated heterocycles. The predicted octanol–water partition coefficient (Wildman–Crippen LogP) is 6.11. The highest BCUT2D eigenvalue weighted by molar-refractivity contribution is 9.10. The smallest absolute Gasteiger partial charge is 0.235 e. The summed E-state index contributed by atoms with van der Waals surface area (Å²) in [7, 11) is 1.54. The molecule has 0 saturated carbocycles. The molecule has 1 aliphatic rings. The Hall–Kier alpha value is -3.49. The van der Waals surface area contributed by atoms with Crippen molar-refractivity contribution >= 4 is 26.9 Å². The number of benzene rings is 3. The van der Waals surface area contributed by atoms with Crippen molar-refractivity contribution in [2.45, 2.75) is 20.1 Å². The minimum atomic E-state index is -0.273. The summed E-state index contributed by atoms with van der Waals surface area (Å²) in [5.74, 6) is 2.77. The molecule has 34 heavy (non-hydrogen) atoms. The molecule has 0 unspecified atom stereocenters. The summed E-state index contributed by atoms with van der Waals surface area (Å²) < 4.78 is 35.1. The second-order valence-electron chi connectivity index (χ2n) is 7.68. The van der Waals surface area contributed by atoms with Gasteiger partial charge in [0.25, 0.3) is 0 Å². The maximum absolute atomic E-state index is 13.1. The van der Waals surface area contributed by atoms with Crippen LogP contribution in [0.5, 0.6) is 28.7 Å². The third kappa shape index (κ3) is 4.34. The molecule has 0 atom stereocenters. The zero-order valence-electron chi connectivity index (χ0n) is 18.6. The molecule has 4 aromatic rings. The number of fused-ring (bicyclic) bond motifs is 2. The molecule has 7 nitrogen and oxygen atoms in total.